The van der Waals surface area contributed by atoms with Crippen LogP contribution in [0.3, 0.4) is 0 Å². The molecule has 4 aromatic rings. The summed E-state index contributed by atoms with van der Waals surface area (Å²) in [5.41, 5.74) is 0.826. The number of halogens is 5. The highest BCUT2D eigenvalue weighted by Crippen LogP contribution is 2.36. The number of rotatable bonds is 10. The van der Waals surface area contributed by atoms with Crippen molar-refractivity contribution in [3.63, 3.8) is 0 Å². The molecule has 0 spiro atoms. The minimum atomic E-state index is -4.63. The molecule has 0 bridgehead atoms. The van der Waals surface area contributed by atoms with Crippen molar-refractivity contribution in [2.75, 3.05) is 13.3 Å². The van der Waals surface area contributed by atoms with E-state index in [0.717, 1.165) is 6.07 Å². The summed E-state index contributed by atoms with van der Waals surface area (Å²) in [7, 11) is -3.38. The summed E-state index contributed by atoms with van der Waals surface area (Å²) in [4.78, 5) is 13.3. The number of nitrogens with one attached hydrogen (secondary N) is 1. The lowest BCUT2D eigenvalue weighted by Gasteiger charge is -2.17. The second-order valence-electron chi connectivity index (χ2n) is 10.2. The zero-order valence-electron chi connectivity index (χ0n) is 22.2. The van der Waals surface area contributed by atoms with Crippen LogP contribution in [0.4, 0.5) is 17.6 Å². The highest BCUT2D eigenvalue weighted by molar-refractivity contribution is 7.92. The fourth-order valence-electron chi connectivity index (χ4n) is 5.06. The van der Waals surface area contributed by atoms with Crippen LogP contribution in [0.1, 0.15) is 51.6 Å². The summed E-state index contributed by atoms with van der Waals surface area (Å²) in [5.74, 6) is -0.525. The Morgan fingerprint density at radius 2 is 1.76 bits per heavy atom. The molecule has 1 amide bonds. The number of hydrogen-bond donors (Lipinski definition) is 2. The highest BCUT2D eigenvalue weighted by atomic mass is 35.5. The molecular formula is C30H27ClF4N2O4S. The Balaban J connectivity index is 1.40. The molecule has 12 heteroatoms. The van der Waals surface area contributed by atoms with Gasteiger partial charge in [0.05, 0.1) is 34.9 Å². The van der Waals surface area contributed by atoms with Crippen LogP contribution in [-0.4, -0.2) is 42.5 Å². The van der Waals surface area contributed by atoms with Crippen LogP contribution in [-0.2, 0) is 29.0 Å². The molecule has 0 radical (unpaired) electrons. The number of carbonyl (C=O) groups excluding carboxylic acids is 1. The minimum absolute atomic E-state index is 0.0190. The molecule has 0 aliphatic heterocycles. The molecule has 0 unspecified atom stereocenters. The van der Waals surface area contributed by atoms with Crippen molar-refractivity contribution < 1.29 is 35.9 Å². The Kier molecular flexibility index (Phi) is 8.37. The number of nitrogens with zero attached hydrogens (tertiary/aromatic N) is 1. The average Bonchev–Trinajstić information content (AvgIpc) is 3.77. The van der Waals surface area contributed by atoms with Gasteiger partial charge in [-0.05, 0) is 72.5 Å². The Labute approximate surface area is 244 Å². The summed E-state index contributed by atoms with van der Waals surface area (Å²) < 4.78 is 81.0. The third-order valence-corrected chi connectivity index (χ3v) is 9.88. The number of fused-ring (bicyclic) bond motifs is 1. The molecule has 6 nitrogen and oxygen atoms in total. The van der Waals surface area contributed by atoms with Crippen molar-refractivity contribution in [3.05, 3.63) is 99.7 Å². The fraction of sp³-hybridized carbons (Fsp3) is 0.300. The summed E-state index contributed by atoms with van der Waals surface area (Å²) in [6.45, 7) is -1.27. The number of hydrogen-bond acceptors (Lipinski definition) is 4. The normalized spacial score (nSPS) is 14.7. The van der Waals surface area contributed by atoms with Crippen LogP contribution >= 0.6 is 11.6 Å². The number of benzene rings is 3. The van der Waals surface area contributed by atoms with Crippen LogP contribution in [0.5, 0.6) is 0 Å². The third kappa shape index (κ3) is 6.18. The summed E-state index contributed by atoms with van der Waals surface area (Å²) >= 11 is 5.81. The number of aryl methyl sites for hydroxylation is 1. The number of aliphatic hydroxyl groups excluding tert-OH is 1. The Hall–Kier alpha value is -3.41. The lowest BCUT2D eigenvalue weighted by atomic mass is 10.0. The molecule has 1 aromatic heterocycles. The van der Waals surface area contributed by atoms with E-state index in [4.69, 9.17) is 11.6 Å². The van der Waals surface area contributed by atoms with E-state index >= 15 is 0 Å². The Bertz CT molecular complexity index is 1730. The van der Waals surface area contributed by atoms with Crippen molar-refractivity contribution in [1.29, 1.82) is 0 Å². The first-order valence-electron chi connectivity index (χ1n) is 13.2. The van der Waals surface area contributed by atoms with E-state index in [0.29, 0.717) is 35.0 Å². The lowest BCUT2D eigenvalue weighted by Crippen LogP contribution is -2.30. The molecular weight excluding hydrogens is 596 g/mol. The van der Waals surface area contributed by atoms with Gasteiger partial charge in [-0.25, -0.2) is 12.8 Å². The van der Waals surface area contributed by atoms with Crippen LogP contribution in [0.15, 0.2) is 71.6 Å². The van der Waals surface area contributed by atoms with Gasteiger partial charge in [0.1, 0.15) is 6.67 Å². The first-order chi connectivity index (χ1) is 19.9. The van der Waals surface area contributed by atoms with Crippen molar-refractivity contribution in [3.8, 4) is 0 Å². The third-order valence-electron chi connectivity index (χ3n) is 7.37. The predicted molar refractivity (Wildman–Crippen MR) is 151 cm³/mol. The van der Waals surface area contributed by atoms with E-state index in [2.05, 4.69) is 5.32 Å². The Morgan fingerprint density at radius 1 is 1.05 bits per heavy atom. The quantitative estimate of drug-likeness (QED) is 0.204. The van der Waals surface area contributed by atoms with E-state index < -0.39 is 46.8 Å². The van der Waals surface area contributed by atoms with E-state index in [1.54, 1.807) is 34.9 Å². The van der Waals surface area contributed by atoms with Gasteiger partial charge in [0.25, 0.3) is 5.91 Å². The molecule has 1 atom stereocenters. The average molecular weight is 623 g/mol. The van der Waals surface area contributed by atoms with Crippen molar-refractivity contribution in [2.45, 2.75) is 48.2 Å². The van der Waals surface area contributed by atoms with E-state index in [1.807, 2.05) is 0 Å². The van der Waals surface area contributed by atoms with Gasteiger partial charge in [-0.15, -0.1) is 0 Å². The lowest BCUT2D eigenvalue weighted by molar-refractivity contribution is -0.138. The number of carbonyl (C=O) groups is 1. The highest BCUT2D eigenvalue weighted by Gasteiger charge is 2.37. The number of amides is 1. The summed E-state index contributed by atoms with van der Waals surface area (Å²) in [5, 5.41) is 12.8. The minimum Gasteiger partial charge on any atom is -0.394 e. The maximum absolute atomic E-state index is 13.7. The van der Waals surface area contributed by atoms with Crippen molar-refractivity contribution in [2.24, 2.45) is 0 Å². The molecule has 1 aliphatic carbocycles. The zero-order chi connectivity index (χ0) is 30.2. The largest absolute Gasteiger partial charge is 0.416 e. The van der Waals surface area contributed by atoms with Gasteiger partial charge >= 0.3 is 6.18 Å². The maximum atomic E-state index is 13.7. The molecule has 1 heterocycles. The van der Waals surface area contributed by atoms with E-state index in [-0.39, 0.29) is 39.3 Å². The first kappa shape index (κ1) is 30.1. The second kappa shape index (κ2) is 11.7. The topological polar surface area (TPSA) is 88.4 Å². The molecule has 1 saturated carbocycles. The van der Waals surface area contributed by atoms with E-state index in [9.17, 15) is 35.9 Å². The smallest absolute Gasteiger partial charge is 0.394 e. The van der Waals surface area contributed by atoms with Crippen LogP contribution in [0.2, 0.25) is 5.02 Å². The number of aliphatic hydroxyl groups is 1. The van der Waals surface area contributed by atoms with Gasteiger partial charge in [0.2, 0.25) is 0 Å². The van der Waals surface area contributed by atoms with Crippen molar-refractivity contribution in [1.82, 2.24) is 9.88 Å². The van der Waals surface area contributed by atoms with Crippen LogP contribution < -0.4 is 5.32 Å². The van der Waals surface area contributed by atoms with Crippen molar-refractivity contribution >= 4 is 38.2 Å². The molecule has 42 heavy (non-hydrogen) atoms. The summed E-state index contributed by atoms with van der Waals surface area (Å²) in [6, 6.07) is 15.0. The van der Waals surface area contributed by atoms with E-state index in [1.165, 1.54) is 30.3 Å². The molecule has 0 saturated heterocycles. The zero-order valence-corrected chi connectivity index (χ0v) is 23.7. The van der Waals surface area contributed by atoms with Gasteiger partial charge in [-0.2, -0.15) is 13.2 Å². The number of alkyl halides is 4. The number of aromatic nitrogens is 1. The van der Waals surface area contributed by atoms with Crippen LogP contribution in [0.25, 0.3) is 10.9 Å². The molecule has 3 aromatic carbocycles. The van der Waals surface area contributed by atoms with Gasteiger partial charge in [0.15, 0.2) is 9.84 Å². The molecule has 222 valence electrons. The maximum Gasteiger partial charge on any atom is 0.416 e. The van der Waals surface area contributed by atoms with Gasteiger partial charge < -0.3 is 15.0 Å². The molecule has 1 aliphatic rings. The molecule has 5 rings (SSSR count). The van der Waals surface area contributed by atoms with Crippen LogP contribution in [0, 0.1) is 0 Å². The van der Waals surface area contributed by atoms with Gasteiger partial charge in [-0.1, -0.05) is 29.8 Å². The first-order valence-corrected chi connectivity index (χ1v) is 15.1. The molecule has 1 fully saturated rings. The number of sulfone groups is 1. The standard InChI is InChI=1S/C30H27ClF4N2O4S/c31-22-5-1-19(26(16-22)30(33,34)35)14-23-15-21-13-20(4-10-28(21)37(23)12-11-32)29(39)36-27(17-38)18-2-6-24(7-3-18)42(40,41)25-8-9-25/h1-7,10,13,15-16,25,27,38H,8-9,11-12,14,17H2,(H,36,39)/t27-/m0/s1. The monoisotopic (exact) mass is 622 g/mol. The summed E-state index contributed by atoms with van der Waals surface area (Å²) in [6.07, 6.45) is -3.49. The molecule has 2 N–H and O–H groups in total. The van der Waals surface area contributed by atoms with Gasteiger partial charge in [0, 0.05) is 33.6 Å². The SMILES string of the molecule is O=C(N[C@@H](CO)c1ccc(S(=O)(=O)C2CC2)cc1)c1ccc2c(c1)cc(Cc1ccc(Cl)cc1C(F)(F)F)n2CCF. The second-order valence-corrected chi connectivity index (χ2v) is 12.9. The fourth-order valence-corrected chi connectivity index (χ4v) is 6.89. The van der Waals surface area contributed by atoms with Gasteiger partial charge in [-0.3, -0.25) is 4.79 Å². The Morgan fingerprint density at radius 3 is 2.38 bits per heavy atom. The predicted octanol–water partition coefficient (Wildman–Crippen LogP) is 6.27.